The normalized spacial score (nSPS) is 16.7. The van der Waals surface area contributed by atoms with Gasteiger partial charge in [0.1, 0.15) is 0 Å². The van der Waals surface area contributed by atoms with Crippen molar-refractivity contribution in [1.82, 2.24) is 0 Å². The van der Waals surface area contributed by atoms with Crippen molar-refractivity contribution in [3.63, 3.8) is 0 Å². The van der Waals surface area contributed by atoms with Crippen molar-refractivity contribution < 1.29 is 34.4 Å². The lowest BCUT2D eigenvalue weighted by Crippen LogP contribution is -2.42. The van der Waals surface area contributed by atoms with E-state index >= 15 is 0 Å². The molecule has 0 radical (unpaired) electrons. The molecule has 0 aliphatic rings. The minimum atomic E-state index is -2.09. The molecule has 0 aromatic rings. The van der Waals surface area contributed by atoms with Crippen molar-refractivity contribution in [2.45, 2.75) is 25.2 Å². The molecule has 0 rings (SSSR count). The molecule has 0 aliphatic carbocycles. The van der Waals surface area contributed by atoms with E-state index < -0.39 is 24.1 Å². The van der Waals surface area contributed by atoms with Crippen LogP contribution in [0.4, 0.5) is 0 Å². The van der Waals surface area contributed by atoms with E-state index in [-0.39, 0.29) is 12.7 Å². The van der Waals surface area contributed by atoms with E-state index in [2.05, 4.69) is 0 Å². The first kappa shape index (κ1) is 13.8. The summed E-state index contributed by atoms with van der Waals surface area (Å²) >= 11 is 0. The molecule has 3 atom stereocenters. The second-order valence-electron chi connectivity index (χ2n) is 2.92. The maximum atomic E-state index is 10.6. The van der Waals surface area contributed by atoms with Crippen molar-refractivity contribution in [2.75, 3.05) is 13.7 Å². The van der Waals surface area contributed by atoms with E-state index in [1.807, 2.05) is 0 Å². The average molecular weight is 222 g/mol. The Morgan fingerprint density at radius 3 is 2.13 bits per heavy atom. The highest BCUT2D eigenvalue weighted by atomic mass is 16.6. The molecule has 0 heterocycles. The lowest BCUT2D eigenvalue weighted by atomic mass is 10.2. The number of hydrogen-bond acceptors (Lipinski definition) is 5. The molecule has 0 bridgehead atoms. The Morgan fingerprint density at radius 1 is 1.27 bits per heavy atom. The second-order valence-corrected chi connectivity index (χ2v) is 2.92. The van der Waals surface area contributed by atoms with E-state index in [9.17, 15) is 9.59 Å². The number of carbonyl (C=O) groups is 2. The van der Waals surface area contributed by atoms with Crippen LogP contribution in [0, 0.1) is 0 Å². The van der Waals surface area contributed by atoms with Gasteiger partial charge in [0.05, 0.1) is 12.7 Å². The predicted molar refractivity (Wildman–Crippen MR) is 47.5 cm³/mol. The molecular weight excluding hydrogens is 208 g/mol. The molecule has 0 saturated carbocycles. The predicted octanol–water partition coefficient (Wildman–Crippen LogP) is -1.06. The van der Waals surface area contributed by atoms with Crippen molar-refractivity contribution in [3.8, 4) is 0 Å². The van der Waals surface area contributed by atoms with Crippen molar-refractivity contribution >= 4 is 11.9 Å². The molecule has 0 aromatic heterocycles. The van der Waals surface area contributed by atoms with Gasteiger partial charge in [-0.05, 0) is 6.92 Å². The summed E-state index contributed by atoms with van der Waals surface area (Å²) in [5.41, 5.74) is 0. The summed E-state index contributed by atoms with van der Waals surface area (Å²) in [4.78, 5) is 20.9. The highest BCUT2D eigenvalue weighted by Crippen LogP contribution is 2.03. The van der Waals surface area contributed by atoms with Gasteiger partial charge in [0, 0.05) is 7.11 Å². The molecule has 3 unspecified atom stereocenters. The number of hydrogen-bond donors (Lipinski definition) is 3. The fraction of sp³-hybridized carbons (Fsp3) is 0.750. The summed E-state index contributed by atoms with van der Waals surface area (Å²) in [6.45, 7) is 1.50. The van der Waals surface area contributed by atoms with Crippen LogP contribution in [0.2, 0.25) is 0 Å². The van der Waals surface area contributed by atoms with Crippen LogP contribution in [-0.2, 0) is 19.1 Å². The highest BCUT2D eigenvalue weighted by molar-refractivity contribution is 5.83. The number of aliphatic hydroxyl groups excluding tert-OH is 1. The molecule has 7 nitrogen and oxygen atoms in total. The summed E-state index contributed by atoms with van der Waals surface area (Å²) in [6.07, 6.45) is -4.26. The average Bonchev–Trinajstić information content (AvgIpc) is 2.16. The fourth-order valence-electron chi connectivity index (χ4n) is 0.734. The van der Waals surface area contributed by atoms with Gasteiger partial charge in [-0.2, -0.15) is 0 Å². The van der Waals surface area contributed by atoms with E-state index in [1.165, 1.54) is 7.11 Å². The third-order valence-electron chi connectivity index (χ3n) is 1.70. The molecule has 88 valence electrons. The van der Waals surface area contributed by atoms with Crippen molar-refractivity contribution in [3.05, 3.63) is 0 Å². The van der Waals surface area contributed by atoms with Crippen LogP contribution in [0.15, 0.2) is 0 Å². The number of rotatable bonds is 7. The summed E-state index contributed by atoms with van der Waals surface area (Å²) in [5.74, 6) is -3.18. The maximum Gasteiger partial charge on any atom is 0.336 e. The Morgan fingerprint density at radius 2 is 1.80 bits per heavy atom. The SMILES string of the molecule is COC(C)COC(C(=O)O)C(O)C(=O)O. The largest absolute Gasteiger partial charge is 0.479 e. The van der Waals surface area contributed by atoms with Crippen LogP contribution < -0.4 is 0 Å². The molecule has 0 aromatic carbocycles. The zero-order valence-electron chi connectivity index (χ0n) is 8.41. The molecule has 3 N–H and O–H groups in total. The quantitative estimate of drug-likeness (QED) is 0.503. The first-order chi connectivity index (χ1) is 6.90. The first-order valence-corrected chi connectivity index (χ1v) is 4.18. The topological polar surface area (TPSA) is 113 Å². The van der Waals surface area contributed by atoms with Crippen LogP contribution in [0.1, 0.15) is 6.92 Å². The third kappa shape index (κ3) is 4.73. The number of methoxy groups -OCH3 is 1. The molecular formula is C8H14O7. The van der Waals surface area contributed by atoms with Gasteiger partial charge in [0.25, 0.3) is 0 Å². The maximum absolute atomic E-state index is 10.6. The van der Waals surface area contributed by atoms with E-state index in [0.29, 0.717) is 0 Å². The van der Waals surface area contributed by atoms with Gasteiger partial charge < -0.3 is 24.8 Å². The van der Waals surface area contributed by atoms with Crippen molar-refractivity contribution in [2.24, 2.45) is 0 Å². The van der Waals surface area contributed by atoms with E-state index in [1.54, 1.807) is 6.92 Å². The Balaban J connectivity index is 4.29. The first-order valence-electron chi connectivity index (χ1n) is 4.18. The Kier molecular flexibility index (Phi) is 5.83. The zero-order valence-corrected chi connectivity index (χ0v) is 8.41. The van der Waals surface area contributed by atoms with Gasteiger partial charge >= 0.3 is 11.9 Å². The highest BCUT2D eigenvalue weighted by Gasteiger charge is 2.33. The third-order valence-corrected chi connectivity index (χ3v) is 1.70. The van der Waals surface area contributed by atoms with Crippen molar-refractivity contribution in [1.29, 1.82) is 0 Å². The van der Waals surface area contributed by atoms with Crippen LogP contribution >= 0.6 is 0 Å². The number of aliphatic hydroxyl groups is 1. The molecule has 0 fully saturated rings. The van der Waals surface area contributed by atoms with Gasteiger partial charge in [0.15, 0.2) is 12.2 Å². The monoisotopic (exact) mass is 222 g/mol. The number of carboxylic acid groups (broad SMARTS) is 2. The molecule has 7 heteroatoms. The molecule has 0 aliphatic heterocycles. The van der Waals surface area contributed by atoms with Gasteiger partial charge in [-0.1, -0.05) is 0 Å². The summed E-state index contributed by atoms with van der Waals surface area (Å²) in [5, 5.41) is 26.0. The smallest absolute Gasteiger partial charge is 0.336 e. The second kappa shape index (κ2) is 6.33. The van der Waals surface area contributed by atoms with E-state index in [0.717, 1.165) is 0 Å². The Hall–Kier alpha value is -1.18. The molecule has 0 amide bonds. The van der Waals surface area contributed by atoms with Gasteiger partial charge in [0.2, 0.25) is 0 Å². The number of ether oxygens (including phenoxy) is 2. The van der Waals surface area contributed by atoms with Crippen LogP contribution in [-0.4, -0.2) is 59.3 Å². The van der Waals surface area contributed by atoms with Crippen LogP contribution in [0.3, 0.4) is 0 Å². The summed E-state index contributed by atoms with van der Waals surface area (Å²) in [6, 6.07) is 0. The van der Waals surface area contributed by atoms with E-state index in [4.69, 9.17) is 24.8 Å². The summed E-state index contributed by atoms with van der Waals surface area (Å²) in [7, 11) is 1.40. The number of carboxylic acids is 2. The Bertz CT molecular complexity index is 227. The van der Waals surface area contributed by atoms with Crippen LogP contribution in [0.25, 0.3) is 0 Å². The van der Waals surface area contributed by atoms with Gasteiger partial charge in [-0.15, -0.1) is 0 Å². The van der Waals surface area contributed by atoms with Gasteiger partial charge in [-0.3, -0.25) is 0 Å². The summed E-state index contributed by atoms with van der Waals surface area (Å²) < 4.78 is 9.50. The fourth-order valence-corrected chi connectivity index (χ4v) is 0.734. The van der Waals surface area contributed by atoms with Gasteiger partial charge in [-0.25, -0.2) is 9.59 Å². The lowest BCUT2D eigenvalue weighted by Gasteiger charge is -2.18. The standard InChI is InChI=1S/C8H14O7/c1-4(14-2)3-15-6(8(12)13)5(9)7(10)11/h4-6,9H,3H2,1-2H3,(H,10,11)(H,12,13). The molecule has 0 saturated heterocycles. The Labute approximate surface area is 86.2 Å². The molecule has 15 heavy (non-hydrogen) atoms. The number of aliphatic carboxylic acids is 2. The minimum Gasteiger partial charge on any atom is -0.479 e. The minimum absolute atomic E-state index is 0.113. The molecule has 0 spiro atoms. The lowest BCUT2D eigenvalue weighted by molar-refractivity contribution is -0.173. The zero-order chi connectivity index (χ0) is 12.0. The van der Waals surface area contributed by atoms with Crippen LogP contribution in [0.5, 0.6) is 0 Å².